The molecule has 0 aliphatic rings. The summed E-state index contributed by atoms with van der Waals surface area (Å²) in [6, 6.07) is 12.1. The lowest BCUT2D eigenvalue weighted by molar-refractivity contribution is -0.137. The summed E-state index contributed by atoms with van der Waals surface area (Å²) in [5.74, 6) is -1.50. The Balaban J connectivity index is 1.72. The summed E-state index contributed by atoms with van der Waals surface area (Å²) in [4.78, 5) is 15.4. The minimum absolute atomic E-state index is 0.0818. The van der Waals surface area contributed by atoms with Crippen LogP contribution in [0, 0.1) is 0 Å². The number of alkyl halides is 3. The van der Waals surface area contributed by atoms with Gasteiger partial charge >= 0.3 is 12.1 Å². The van der Waals surface area contributed by atoms with Crippen molar-refractivity contribution < 1.29 is 35.5 Å². The third kappa shape index (κ3) is 4.58. The van der Waals surface area contributed by atoms with E-state index in [2.05, 4.69) is 4.98 Å². The average molecular weight is 411 g/mol. The zero-order valence-corrected chi connectivity index (χ0v) is 14.8. The van der Waals surface area contributed by atoms with Crippen molar-refractivity contribution in [2.24, 2.45) is 0 Å². The van der Waals surface area contributed by atoms with E-state index < -0.39 is 38.3 Å². The Morgan fingerprint density at radius 3 is 2.36 bits per heavy atom. The zero-order valence-electron chi connectivity index (χ0n) is 14.0. The van der Waals surface area contributed by atoms with Crippen molar-refractivity contribution in [3.8, 4) is 5.75 Å². The highest BCUT2D eigenvalue weighted by Gasteiger charge is 2.31. The number of carbonyl (C=O) groups is 1. The lowest BCUT2D eigenvalue weighted by Gasteiger charge is -2.07. The van der Waals surface area contributed by atoms with E-state index in [-0.39, 0.29) is 17.3 Å². The van der Waals surface area contributed by atoms with Crippen molar-refractivity contribution in [1.82, 2.24) is 4.98 Å². The molecule has 2 aromatic heterocycles. The second-order valence-corrected chi connectivity index (χ2v) is 7.55. The molecular formula is C18H12F3NO5S. The van der Waals surface area contributed by atoms with Crippen LogP contribution in [0.3, 0.4) is 0 Å². The van der Waals surface area contributed by atoms with E-state index in [4.69, 9.17) is 9.15 Å². The molecule has 0 amide bonds. The third-order valence-electron chi connectivity index (χ3n) is 3.53. The second-order valence-electron chi connectivity index (χ2n) is 5.61. The van der Waals surface area contributed by atoms with Crippen molar-refractivity contribution in [2.45, 2.75) is 17.0 Å². The predicted molar refractivity (Wildman–Crippen MR) is 90.2 cm³/mol. The number of ether oxygens (including phenoxy) is 1. The molecule has 2 heterocycles. The van der Waals surface area contributed by atoms with Gasteiger partial charge in [0.25, 0.3) is 0 Å². The van der Waals surface area contributed by atoms with Gasteiger partial charge in [-0.25, -0.2) is 18.2 Å². The van der Waals surface area contributed by atoms with Crippen LogP contribution in [0.25, 0.3) is 0 Å². The van der Waals surface area contributed by atoms with Gasteiger partial charge in [0, 0.05) is 6.20 Å². The van der Waals surface area contributed by atoms with Crippen LogP contribution in [-0.2, 0) is 21.8 Å². The maximum absolute atomic E-state index is 12.5. The van der Waals surface area contributed by atoms with Crippen molar-refractivity contribution in [1.29, 1.82) is 0 Å². The van der Waals surface area contributed by atoms with Crippen LogP contribution in [0.4, 0.5) is 13.2 Å². The van der Waals surface area contributed by atoms with Crippen LogP contribution >= 0.6 is 0 Å². The van der Waals surface area contributed by atoms with Crippen LogP contribution in [0.5, 0.6) is 5.75 Å². The second kappa shape index (κ2) is 7.47. The first-order chi connectivity index (χ1) is 13.1. The molecule has 0 spiro atoms. The zero-order chi connectivity index (χ0) is 20.4. The van der Waals surface area contributed by atoms with E-state index >= 15 is 0 Å². The number of carbonyl (C=O) groups excluding carboxylic acids is 1. The minimum atomic E-state index is -4.62. The molecule has 6 nitrogen and oxygen atoms in total. The van der Waals surface area contributed by atoms with Crippen LogP contribution in [-0.4, -0.2) is 19.4 Å². The van der Waals surface area contributed by atoms with Crippen molar-refractivity contribution in [3.05, 3.63) is 77.9 Å². The molecule has 3 aromatic rings. The molecular weight excluding hydrogens is 399 g/mol. The van der Waals surface area contributed by atoms with E-state index in [9.17, 15) is 26.4 Å². The molecule has 146 valence electrons. The van der Waals surface area contributed by atoms with E-state index in [1.165, 1.54) is 12.1 Å². The van der Waals surface area contributed by atoms with Gasteiger partial charge < -0.3 is 9.15 Å². The van der Waals surface area contributed by atoms with E-state index in [1.54, 1.807) is 30.3 Å². The van der Waals surface area contributed by atoms with Crippen LogP contribution in [0.2, 0.25) is 0 Å². The number of halogens is 3. The quantitative estimate of drug-likeness (QED) is 0.468. The molecule has 28 heavy (non-hydrogen) atoms. The lowest BCUT2D eigenvalue weighted by atomic mass is 10.3. The molecule has 0 unspecified atom stereocenters. The molecule has 0 N–H and O–H groups in total. The Morgan fingerprint density at radius 2 is 1.75 bits per heavy atom. The normalized spacial score (nSPS) is 12.0. The van der Waals surface area contributed by atoms with Gasteiger partial charge in [-0.15, -0.1) is 0 Å². The fourth-order valence-electron chi connectivity index (χ4n) is 2.20. The number of hydrogen-bond donors (Lipinski definition) is 0. The Morgan fingerprint density at radius 1 is 1.04 bits per heavy atom. The first kappa shape index (κ1) is 19.6. The number of sulfone groups is 1. The summed E-state index contributed by atoms with van der Waals surface area (Å²) >= 11 is 0. The molecule has 0 aliphatic carbocycles. The molecule has 1 aromatic carbocycles. The highest BCUT2D eigenvalue weighted by Crippen LogP contribution is 2.29. The number of esters is 1. The summed E-state index contributed by atoms with van der Waals surface area (Å²) in [5, 5.41) is -0.537. The number of para-hydroxylation sites is 1. The predicted octanol–water partition coefficient (Wildman–Crippen LogP) is 3.89. The number of nitrogens with zero attached hydrogens (tertiary/aromatic N) is 1. The summed E-state index contributed by atoms with van der Waals surface area (Å²) < 4.78 is 72.5. The smallest absolute Gasteiger partial charge is 0.417 e. The molecule has 0 bridgehead atoms. The fourth-order valence-corrected chi connectivity index (χ4v) is 3.37. The van der Waals surface area contributed by atoms with Crippen molar-refractivity contribution >= 4 is 15.8 Å². The van der Waals surface area contributed by atoms with E-state index in [0.29, 0.717) is 12.3 Å². The monoisotopic (exact) mass is 411 g/mol. The molecule has 0 saturated carbocycles. The largest absolute Gasteiger partial charge is 0.453 e. The molecule has 0 fully saturated rings. The van der Waals surface area contributed by atoms with E-state index in [0.717, 1.165) is 6.07 Å². The van der Waals surface area contributed by atoms with Crippen molar-refractivity contribution in [3.63, 3.8) is 0 Å². The standard InChI is InChI=1S/C18H12F3NO5S/c19-18(20,21)12-6-9-16(22-10-12)28(24,25)11-14-7-8-15(26-14)17(23)27-13-4-2-1-3-5-13/h1-10H,11H2. The van der Waals surface area contributed by atoms with Gasteiger partial charge in [-0.05, 0) is 36.4 Å². The summed E-state index contributed by atoms with van der Waals surface area (Å²) in [7, 11) is -4.07. The van der Waals surface area contributed by atoms with Crippen LogP contribution < -0.4 is 4.74 Å². The number of benzene rings is 1. The maximum atomic E-state index is 12.5. The fraction of sp³-hybridized carbons (Fsp3) is 0.111. The molecule has 0 radical (unpaired) electrons. The Labute approximate surface area is 157 Å². The molecule has 3 rings (SSSR count). The highest BCUT2D eigenvalue weighted by molar-refractivity contribution is 7.90. The summed E-state index contributed by atoms with van der Waals surface area (Å²) in [6.45, 7) is 0. The minimum Gasteiger partial charge on any atom is -0.453 e. The van der Waals surface area contributed by atoms with Gasteiger partial charge in [0.05, 0.1) is 5.56 Å². The summed E-state index contributed by atoms with van der Waals surface area (Å²) in [5.41, 5.74) is -1.06. The Bertz CT molecular complexity index is 1070. The Kier molecular flexibility index (Phi) is 5.23. The van der Waals surface area contributed by atoms with Gasteiger partial charge in [0.2, 0.25) is 15.6 Å². The highest BCUT2D eigenvalue weighted by atomic mass is 32.2. The maximum Gasteiger partial charge on any atom is 0.417 e. The van der Waals surface area contributed by atoms with Crippen molar-refractivity contribution in [2.75, 3.05) is 0 Å². The molecule has 10 heteroatoms. The van der Waals surface area contributed by atoms with Gasteiger partial charge in [0.15, 0.2) is 5.03 Å². The van der Waals surface area contributed by atoms with Crippen LogP contribution in [0.1, 0.15) is 21.9 Å². The van der Waals surface area contributed by atoms with Gasteiger partial charge in [0.1, 0.15) is 17.3 Å². The van der Waals surface area contributed by atoms with Gasteiger partial charge in [-0.1, -0.05) is 18.2 Å². The molecule has 0 aliphatic heterocycles. The lowest BCUT2D eigenvalue weighted by Crippen LogP contribution is -2.10. The number of furan rings is 1. The van der Waals surface area contributed by atoms with Crippen LogP contribution in [0.15, 0.2) is 70.2 Å². The summed E-state index contributed by atoms with van der Waals surface area (Å²) in [6.07, 6.45) is -4.18. The number of rotatable bonds is 5. The third-order valence-corrected chi connectivity index (χ3v) is 5.07. The average Bonchev–Trinajstić information content (AvgIpc) is 3.10. The SMILES string of the molecule is O=C(Oc1ccccc1)c1ccc(CS(=O)(=O)c2ccc(C(F)(F)F)cn2)o1. The van der Waals surface area contributed by atoms with Gasteiger partial charge in [-0.3, -0.25) is 0 Å². The topological polar surface area (TPSA) is 86.5 Å². The number of pyridine rings is 1. The first-order valence-electron chi connectivity index (χ1n) is 7.77. The Hall–Kier alpha value is -3.14. The van der Waals surface area contributed by atoms with E-state index in [1.807, 2.05) is 0 Å². The molecule has 0 atom stereocenters. The number of hydrogen-bond acceptors (Lipinski definition) is 6. The first-order valence-corrected chi connectivity index (χ1v) is 9.42. The number of aromatic nitrogens is 1. The van der Waals surface area contributed by atoms with Gasteiger partial charge in [-0.2, -0.15) is 13.2 Å². The molecule has 0 saturated heterocycles.